The van der Waals surface area contributed by atoms with Gasteiger partial charge >= 0.3 is 0 Å². The molecule has 0 aliphatic heterocycles. The molecule has 54 heavy (non-hydrogen) atoms. The summed E-state index contributed by atoms with van der Waals surface area (Å²) in [5, 5.41) is 42.7. The van der Waals surface area contributed by atoms with Crippen molar-refractivity contribution < 1.29 is 40.0 Å². The van der Waals surface area contributed by atoms with Crippen LogP contribution in [0.2, 0.25) is 0 Å². The molecule has 0 atom stereocenters. The van der Waals surface area contributed by atoms with E-state index in [1.54, 1.807) is 0 Å². The molecule has 19 nitrogen and oxygen atoms in total. The minimum Gasteiger partial charge on any atom is -0.425 e. The molecule has 4 rings (SSSR count). The lowest BCUT2D eigenvalue weighted by Gasteiger charge is -2.25. The molecule has 0 aromatic carbocycles. The third-order valence-corrected chi connectivity index (χ3v) is 8.33. The second-order valence-corrected chi connectivity index (χ2v) is 12.0. The van der Waals surface area contributed by atoms with Crippen LogP contribution in [0, 0.1) is 0 Å². The smallest absolute Gasteiger partial charge is 0.283 e. The quantitative estimate of drug-likeness (QED) is 0.0530. The van der Waals surface area contributed by atoms with E-state index in [0.29, 0.717) is 0 Å². The lowest BCUT2D eigenvalue weighted by Crippen LogP contribution is -2.39. The molecule has 0 bridgehead atoms. The summed E-state index contributed by atoms with van der Waals surface area (Å²) < 4.78 is 0.894. The summed E-state index contributed by atoms with van der Waals surface area (Å²) >= 11 is 0. The van der Waals surface area contributed by atoms with Crippen LogP contribution in [-0.4, -0.2) is 106 Å². The molecular formula is C35H39N7O12. The number of nitrogens with one attached hydrogen (secondary N) is 1. The molecule has 0 unspecified atom stereocenters. The molecule has 286 valence electrons. The minimum atomic E-state index is -0.834. The van der Waals surface area contributed by atoms with Crippen molar-refractivity contribution in [1.82, 2.24) is 34.0 Å². The van der Waals surface area contributed by atoms with Gasteiger partial charge in [0, 0.05) is 63.4 Å². The summed E-state index contributed by atoms with van der Waals surface area (Å²) in [4.78, 5) is 102. The van der Waals surface area contributed by atoms with Crippen LogP contribution in [0.15, 0.2) is 92.0 Å². The summed E-state index contributed by atoms with van der Waals surface area (Å²) in [5.41, 5.74) is -4.32. The van der Waals surface area contributed by atoms with Crippen LogP contribution in [0.5, 0.6) is 0 Å². The largest absolute Gasteiger partial charge is 0.425 e. The lowest BCUT2D eigenvalue weighted by molar-refractivity contribution is 0.0657. The Bertz CT molecular complexity index is 2080. The zero-order valence-corrected chi connectivity index (χ0v) is 28.9. The zero-order valence-electron chi connectivity index (χ0n) is 28.9. The normalized spacial score (nSPS) is 10.8. The maximum Gasteiger partial charge on any atom is 0.283 e. The summed E-state index contributed by atoms with van der Waals surface area (Å²) in [6, 6.07) is 14.6. The van der Waals surface area contributed by atoms with Gasteiger partial charge in [0.1, 0.15) is 22.8 Å². The molecule has 0 spiro atoms. The number of nitrogens with zero attached hydrogens (tertiary/aromatic N) is 6. The average Bonchev–Trinajstić information content (AvgIpc) is 3.15. The SMILES string of the molecule is O=C(CCCCN(CCCCN(CCCNC(=O)c1cccc(=O)n1O)C(=O)c1cccc(=O)n1O)C(=O)c1cccc(=O)n1O)c1cccc(=O)n1O. The Hall–Kier alpha value is -6.92. The van der Waals surface area contributed by atoms with Gasteiger partial charge in [-0.25, -0.2) is 0 Å². The molecule has 0 fully saturated rings. The number of carbonyl (C=O) groups excluding carboxylic acids is 4. The highest BCUT2D eigenvalue weighted by molar-refractivity contribution is 5.94. The van der Waals surface area contributed by atoms with Crippen molar-refractivity contribution in [3.8, 4) is 0 Å². The number of ketones is 1. The van der Waals surface area contributed by atoms with E-state index >= 15 is 0 Å². The summed E-state index contributed by atoms with van der Waals surface area (Å²) in [5.74, 6) is -2.62. The number of rotatable bonds is 18. The van der Waals surface area contributed by atoms with Crippen LogP contribution in [-0.2, 0) is 0 Å². The van der Waals surface area contributed by atoms with E-state index in [2.05, 4.69) is 5.32 Å². The van der Waals surface area contributed by atoms with Gasteiger partial charge in [-0.05, 0) is 56.4 Å². The number of aromatic nitrogens is 4. The molecule has 0 aliphatic carbocycles. The van der Waals surface area contributed by atoms with E-state index in [9.17, 15) is 59.2 Å². The first-order chi connectivity index (χ1) is 25.8. The monoisotopic (exact) mass is 749 g/mol. The van der Waals surface area contributed by atoms with Gasteiger partial charge in [-0.3, -0.25) is 38.4 Å². The lowest BCUT2D eigenvalue weighted by atomic mass is 10.1. The van der Waals surface area contributed by atoms with Gasteiger partial charge in [0.05, 0.1) is 0 Å². The van der Waals surface area contributed by atoms with Crippen LogP contribution in [0.4, 0.5) is 0 Å². The van der Waals surface area contributed by atoms with Crippen LogP contribution in [0.25, 0.3) is 0 Å². The first-order valence-corrected chi connectivity index (χ1v) is 16.9. The molecule has 4 aromatic heterocycles. The Labute approximate surface area is 305 Å². The summed E-state index contributed by atoms with van der Waals surface area (Å²) in [7, 11) is 0. The van der Waals surface area contributed by atoms with Crippen LogP contribution in [0.1, 0.15) is 80.5 Å². The molecule has 0 radical (unpaired) electrons. The van der Waals surface area contributed by atoms with Crippen LogP contribution in [0.3, 0.4) is 0 Å². The zero-order chi connectivity index (χ0) is 39.4. The third-order valence-electron chi connectivity index (χ3n) is 8.33. The predicted octanol–water partition coefficient (Wildman–Crippen LogP) is 0.521. The highest BCUT2D eigenvalue weighted by atomic mass is 16.5. The number of unbranched alkanes of at least 4 members (excludes halogenated alkanes) is 2. The van der Waals surface area contributed by atoms with Gasteiger partial charge in [0.2, 0.25) is 0 Å². The average molecular weight is 750 g/mol. The second kappa shape index (κ2) is 18.5. The first-order valence-electron chi connectivity index (χ1n) is 16.9. The van der Waals surface area contributed by atoms with Gasteiger partial charge in [-0.15, -0.1) is 18.9 Å². The molecule has 4 aromatic rings. The van der Waals surface area contributed by atoms with E-state index in [4.69, 9.17) is 0 Å². The molecule has 19 heteroatoms. The number of hydrogen-bond acceptors (Lipinski definition) is 12. The third kappa shape index (κ3) is 9.90. The Morgan fingerprint density at radius 2 is 0.833 bits per heavy atom. The topological polar surface area (TPSA) is 256 Å². The fraction of sp³-hybridized carbons (Fsp3) is 0.314. The first kappa shape index (κ1) is 39.9. The summed E-state index contributed by atoms with van der Waals surface area (Å²) in [6.45, 7) is 0.277. The van der Waals surface area contributed by atoms with E-state index in [1.807, 2.05) is 0 Å². The molecule has 0 aliphatic rings. The highest BCUT2D eigenvalue weighted by Crippen LogP contribution is 2.12. The minimum absolute atomic E-state index is 0.0117. The van der Waals surface area contributed by atoms with Gasteiger partial charge in [0.15, 0.2) is 5.78 Å². The van der Waals surface area contributed by atoms with Gasteiger partial charge < -0.3 is 35.9 Å². The fourth-order valence-electron chi connectivity index (χ4n) is 5.47. The van der Waals surface area contributed by atoms with Gasteiger partial charge in [0.25, 0.3) is 40.0 Å². The van der Waals surface area contributed by atoms with Gasteiger partial charge in [-0.1, -0.05) is 24.3 Å². The Balaban J connectivity index is 1.41. The van der Waals surface area contributed by atoms with E-state index in [1.165, 1.54) is 58.3 Å². The van der Waals surface area contributed by atoms with Crippen molar-refractivity contribution in [2.75, 3.05) is 32.7 Å². The molecule has 5 N–H and O–H groups in total. The van der Waals surface area contributed by atoms with Crippen molar-refractivity contribution in [2.24, 2.45) is 0 Å². The van der Waals surface area contributed by atoms with Crippen LogP contribution >= 0.6 is 0 Å². The predicted molar refractivity (Wildman–Crippen MR) is 188 cm³/mol. The van der Waals surface area contributed by atoms with E-state index in [0.717, 1.165) is 24.3 Å². The Kier molecular flexibility index (Phi) is 13.7. The van der Waals surface area contributed by atoms with Crippen LogP contribution < -0.4 is 27.6 Å². The Morgan fingerprint density at radius 3 is 1.30 bits per heavy atom. The van der Waals surface area contributed by atoms with Crippen molar-refractivity contribution in [1.29, 1.82) is 0 Å². The van der Waals surface area contributed by atoms with E-state index < -0.39 is 45.7 Å². The number of pyridine rings is 4. The van der Waals surface area contributed by atoms with Crippen molar-refractivity contribution in [3.05, 3.63) is 137 Å². The number of carbonyl (C=O) groups is 4. The molecular weight excluding hydrogens is 710 g/mol. The van der Waals surface area contributed by atoms with Crippen molar-refractivity contribution in [2.45, 2.75) is 38.5 Å². The van der Waals surface area contributed by atoms with E-state index in [-0.39, 0.29) is 113 Å². The number of amides is 3. The highest BCUT2D eigenvalue weighted by Gasteiger charge is 2.22. The fourth-order valence-corrected chi connectivity index (χ4v) is 5.47. The Morgan fingerprint density at radius 1 is 0.481 bits per heavy atom. The van der Waals surface area contributed by atoms with Crippen molar-refractivity contribution in [3.63, 3.8) is 0 Å². The van der Waals surface area contributed by atoms with Gasteiger partial charge in [-0.2, -0.15) is 0 Å². The molecule has 0 saturated heterocycles. The molecule has 3 amide bonds. The maximum absolute atomic E-state index is 13.5. The standard InChI is InChI=1S/C35H39N7O12/c43-28(24-10-5-15-29(44)39(24)51)14-1-2-20-37(34(49)26-12-7-17-31(46)41(26)53)21-3-4-22-38(35(50)27-13-8-18-32(47)42(27)54)23-9-19-36-33(48)25-11-6-16-30(45)40(25)52/h5-8,10-13,15-18,51-54H,1-4,9,14,19-23H2,(H,36,48). The number of Topliss-reactive ketones (excluding diaryl/α,β-unsaturated/α-hetero) is 1. The van der Waals surface area contributed by atoms with Crippen molar-refractivity contribution >= 4 is 23.5 Å². The number of hydrogen-bond donors (Lipinski definition) is 5. The maximum atomic E-state index is 13.5. The second-order valence-electron chi connectivity index (χ2n) is 12.0. The molecule has 4 heterocycles. The molecule has 0 saturated carbocycles. The summed E-state index contributed by atoms with van der Waals surface area (Å²) in [6.07, 6.45) is 1.25.